The SMILES string of the molecule is Cc1ccc(C2C(=O)NC(=O)CC2C(C)C)cc1. The van der Waals surface area contributed by atoms with Gasteiger partial charge in [0.1, 0.15) is 0 Å². The molecule has 1 fully saturated rings. The topological polar surface area (TPSA) is 46.2 Å². The van der Waals surface area contributed by atoms with Gasteiger partial charge in [-0.15, -0.1) is 0 Å². The molecule has 1 aromatic carbocycles. The first-order valence-electron chi connectivity index (χ1n) is 6.39. The second-order valence-electron chi connectivity index (χ2n) is 5.41. The summed E-state index contributed by atoms with van der Waals surface area (Å²) in [4.78, 5) is 23.6. The van der Waals surface area contributed by atoms with E-state index in [-0.39, 0.29) is 23.7 Å². The first kappa shape index (κ1) is 12.8. The maximum Gasteiger partial charge on any atom is 0.234 e. The Labute approximate surface area is 108 Å². The highest BCUT2D eigenvalue weighted by Crippen LogP contribution is 2.35. The van der Waals surface area contributed by atoms with Crippen LogP contribution in [0.25, 0.3) is 0 Å². The number of benzene rings is 1. The number of carbonyl (C=O) groups is 2. The third-order valence-corrected chi connectivity index (χ3v) is 3.69. The molecule has 0 radical (unpaired) electrons. The van der Waals surface area contributed by atoms with Gasteiger partial charge in [0.05, 0.1) is 5.92 Å². The van der Waals surface area contributed by atoms with Crippen LogP contribution in [0.4, 0.5) is 0 Å². The van der Waals surface area contributed by atoms with Gasteiger partial charge in [-0.05, 0) is 24.3 Å². The van der Waals surface area contributed by atoms with Gasteiger partial charge in [0.15, 0.2) is 0 Å². The van der Waals surface area contributed by atoms with Crippen molar-refractivity contribution in [2.75, 3.05) is 0 Å². The first-order valence-corrected chi connectivity index (χ1v) is 6.39. The number of aryl methyl sites for hydroxylation is 1. The van der Waals surface area contributed by atoms with Gasteiger partial charge in [0.25, 0.3) is 0 Å². The van der Waals surface area contributed by atoms with E-state index in [1.807, 2.05) is 31.2 Å². The smallest absolute Gasteiger partial charge is 0.234 e. The van der Waals surface area contributed by atoms with Crippen LogP contribution in [0.1, 0.15) is 37.3 Å². The normalized spacial score (nSPS) is 24.2. The summed E-state index contributed by atoms with van der Waals surface area (Å²) in [5.41, 5.74) is 2.18. The van der Waals surface area contributed by atoms with E-state index in [4.69, 9.17) is 0 Å². The molecule has 18 heavy (non-hydrogen) atoms. The van der Waals surface area contributed by atoms with Crippen LogP contribution in [0, 0.1) is 18.8 Å². The van der Waals surface area contributed by atoms with Crippen molar-refractivity contribution in [1.82, 2.24) is 5.32 Å². The highest BCUT2D eigenvalue weighted by molar-refractivity contribution is 6.01. The summed E-state index contributed by atoms with van der Waals surface area (Å²) in [7, 11) is 0. The maximum absolute atomic E-state index is 12.1. The summed E-state index contributed by atoms with van der Waals surface area (Å²) < 4.78 is 0. The van der Waals surface area contributed by atoms with E-state index >= 15 is 0 Å². The molecule has 1 aliphatic heterocycles. The lowest BCUT2D eigenvalue weighted by Crippen LogP contribution is -2.45. The molecule has 1 saturated heterocycles. The molecule has 3 nitrogen and oxygen atoms in total. The Morgan fingerprint density at radius 1 is 1.17 bits per heavy atom. The average molecular weight is 245 g/mol. The molecule has 2 atom stereocenters. The van der Waals surface area contributed by atoms with Crippen molar-refractivity contribution in [2.24, 2.45) is 11.8 Å². The second-order valence-corrected chi connectivity index (χ2v) is 5.41. The van der Waals surface area contributed by atoms with Gasteiger partial charge in [-0.1, -0.05) is 43.7 Å². The first-order chi connectivity index (χ1) is 8.49. The van der Waals surface area contributed by atoms with Gasteiger partial charge in [-0.2, -0.15) is 0 Å². The Balaban J connectivity index is 2.35. The number of hydrogen-bond acceptors (Lipinski definition) is 2. The lowest BCUT2D eigenvalue weighted by atomic mass is 9.74. The van der Waals surface area contributed by atoms with Crippen LogP contribution in [-0.4, -0.2) is 11.8 Å². The molecule has 1 N–H and O–H groups in total. The van der Waals surface area contributed by atoms with E-state index in [0.29, 0.717) is 12.3 Å². The van der Waals surface area contributed by atoms with E-state index in [9.17, 15) is 9.59 Å². The number of nitrogens with one attached hydrogen (secondary N) is 1. The van der Waals surface area contributed by atoms with E-state index in [1.54, 1.807) is 0 Å². The fourth-order valence-corrected chi connectivity index (χ4v) is 2.59. The Kier molecular flexibility index (Phi) is 3.50. The highest BCUT2D eigenvalue weighted by Gasteiger charge is 2.38. The molecular weight excluding hydrogens is 226 g/mol. The number of hydrogen-bond donors (Lipinski definition) is 1. The van der Waals surface area contributed by atoms with Crippen molar-refractivity contribution in [3.8, 4) is 0 Å². The van der Waals surface area contributed by atoms with Gasteiger partial charge >= 0.3 is 0 Å². The molecule has 2 amide bonds. The van der Waals surface area contributed by atoms with Crippen molar-refractivity contribution < 1.29 is 9.59 Å². The number of piperidine rings is 1. The molecule has 1 heterocycles. The van der Waals surface area contributed by atoms with Crippen molar-refractivity contribution in [1.29, 1.82) is 0 Å². The van der Waals surface area contributed by atoms with Crippen LogP contribution in [0.5, 0.6) is 0 Å². The summed E-state index contributed by atoms with van der Waals surface area (Å²) in [6.07, 6.45) is 0.432. The molecule has 0 aromatic heterocycles. The predicted octanol–water partition coefficient (Wildman–Crippen LogP) is 2.40. The molecule has 1 aliphatic rings. The Bertz CT molecular complexity index is 462. The molecular formula is C15H19NO2. The summed E-state index contributed by atoms with van der Waals surface area (Å²) >= 11 is 0. The molecule has 0 bridgehead atoms. The van der Waals surface area contributed by atoms with Gasteiger partial charge in [0, 0.05) is 6.42 Å². The molecule has 96 valence electrons. The van der Waals surface area contributed by atoms with Crippen LogP contribution < -0.4 is 5.32 Å². The molecule has 1 aromatic rings. The van der Waals surface area contributed by atoms with Crippen LogP contribution in [-0.2, 0) is 9.59 Å². The summed E-state index contributed by atoms with van der Waals surface area (Å²) in [5.74, 6) is -0.112. The fourth-order valence-electron chi connectivity index (χ4n) is 2.59. The van der Waals surface area contributed by atoms with Gasteiger partial charge < -0.3 is 0 Å². The van der Waals surface area contributed by atoms with Gasteiger partial charge in [0.2, 0.25) is 11.8 Å². The van der Waals surface area contributed by atoms with Crippen LogP contribution in [0.3, 0.4) is 0 Å². The monoisotopic (exact) mass is 245 g/mol. The van der Waals surface area contributed by atoms with Crippen molar-refractivity contribution in [3.05, 3.63) is 35.4 Å². The van der Waals surface area contributed by atoms with E-state index in [0.717, 1.165) is 5.56 Å². The largest absolute Gasteiger partial charge is 0.296 e. The van der Waals surface area contributed by atoms with Gasteiger partial charge in [-0.25, -0.2) is 0 Å². The summed E-state index contributed by atoms with van der Waals surface area (Å²) in [6.45, 7) is 6.16. The standard InChI is InChI=1S/C15H19NO2/c1-9(2)12-8-13(17)16-15(18)14(12)11-6-4-10(3)5-7-11/h4-7,9,12,14H,8H2,1-3H3,(H,16,17,18). The molecule has 0 aliphatic carbocycles. The van der Waals surface area contributed by atoms with E-state index < -0.39 is 0 Å². The maximum atomic E-state index is 12.1. The fraction of sp³-hybridized carbons (Fsp3) is 0.467. The number of imide groups is 1. The third-order valence-electron chi connectivity index (χ3n) is 3.69. The quantitative estimate of drug-likeness (QED) is 0.813. The Morgan fingerprint density at radius 3 is 2.33 bits per heavy atom. The minimum absolute atomic E-state index is 0.0916. The van der Waals surface area contributed by atoms with Crippen molar-refractivity contribution in [2.45, 2.75) is 33.1 Å². The Hall–Kier alpha value is -1.64. The molecule has 0 spiro atoms. The molecule has 0 saturated carbocycles. The molecule has 3 heteroatoms. The predicted molar refractivity (Wildman–Crippen MR) is 70.0 cm³/mol. The third kappa shape index (κ3) is 2.45. The summed E-state index contributed by atoms with van der Waals surface area (Å²) in [6, 6.07) is 8.00. The lowest BCUT2D eigenvalue weighted by Gasteiger charge is -2.33. The molecule has 2 unspecified atom stereocenters. The molecule has 2 rings (SSSR count). The van der Waals surface area contributed by atoms with Crippen LogP contribution >= 0.6 is 0 Å². The van der Waals surface area contributed by atoms with Crippen LogP contribution in [0.2, 0.25) is 0 Å². The van der Waals surface area contributed by atoms with Gasteiger partial charge in [-0.3, -0.25) is 14.9 Å². The zero-order valence-corrected chi connectivity index (χ0v) is 11.1. The summed E-state index contributed by atoms with van der Waals surface area (Å²) in [5, 5.41) is 2.45. The van der Waals surface area contributed by atoms with E-state index in [1.165, 1.54) is 5.56 Å². The minimum Gasteiger partial charge on any atom is -0.296 e. The average Bonchev–Trinajstić information content (AvgIpc) is 2.29. The van der Waals surface area contributed by atoms with Crippen molar-refractivity contribution in [3.63, 3.8) is 0 Å². The van der Waals surface area contributed by atoms with Crippen molar-refractivity contribution >= 4 is 11.8 Å². The van der Waals surface area contributed by atoms with Crippen LogP contribution in [0.15, 0.2) is 24.3 Å². The zero-order chi connectivity index (χ0) is 13.3. The van der Waals surface area contributed by atoms with E-state index in [2.05, 4.69) is 19.2 Å². The number of rotatable bonds is 2. The lowest BCUT2D eigenvalue weighted by molar-refractivity contribution is -0.137. The number of amides is 2. The highest BCUT2D eigenvalue weighted by atomic mass is 16.2. The zero-order valence-electron chi connectivity index (χ0n) is 11.1. The minimum atomic E-state index is -0.205. The number of carbonyl (C=O) groups excluding carboxylic acids is 2. The Morgan fingerprint density at radius 2 is 1.78 bits per heavy atom. The second kappa shape index (κ2) is 4.92.